The van der Waals surface area contributed by atoms with Gasteiger partial charge < -0.3 is 10.1 Å². The summed E-state index contributed by atoms with van der Waals surface area (Å²) in [4.78, 5) is 15.1. The molecule has 0 aliphatic carbocycles. The normalized spacial score (nSPS) is 9.89. The van der Waals surface area contributed by atoms with E-state index in [0.29, 0.717) is 5.75 Å². The summed E-state index contributed by atoms with van der Waals surface area (Å²) in [6, 6.07) is 9.50. The fourth-order valence-corrected chi connectivity index (χ4v) is 1.67. The Morgan fingerprint density at radius 3 is 2.78 bits per heavy atom. The molecule has 1 heterocycles. The zero-order valence-electron chi connectivity index (χ0n) is 10.3. The van der Waals surface area contributed by atoms with E-state index in [9.17, 15) is 4.79 Å². The maximum absolute atomic E-state index is 11.0. The molecule has 0 saturated carbocycles. The second kappa shape index (κ2) is 5.31. The van der Waals surface area contributed by atoms with Crippen LogP contribution in [-0.4, -0.2) is 18.0 Å². The van der Waals surface area contributed by atoms with Crippen molar-refractivity contribution in [1.29, 1.82) is 0 Å². The van der Waals surface area contributed by atoms with Gasteiger partial charge in [0.2, 0.25) is 5.91 Å². The van der Waals surface area contributed by atoms with Crippen molar-refractivity contribution in [2.75, 3.05) is 12.4 Å². The highest BCUT2D eigenvalue weighted by Crippen LogP contribution is 2.24. The Kier molecular flexibility index (Phi) is 3.57. The van der Waals surface area contributed by atoms with Crippen molar-refractivity contribution in [2.24, 2.45) is 0 Å². The molecule has 0 saturated heterocycles. The number of hydrogen-bond acceptors (Lipinski definition) is 3. The van der Waals surface area contributed by atoms with E-state index >= 15 is 0 Å². The third kappa shape index (κ3) is 2.85. The zero-order valence-corrected chi connectivity index (χ0v) is 10.3. The van der Waals surface area contributed by atoms with E-state index < -0.39 is 0 Å². The topological polar surface area (TPSA) is 51.2 Å². The molecule has 2 aromatic rings. The first-order chi connectivity index (χ1) is 8.69. The van der Waals surface area contributed by atoms with Gasteiger partial charge in [-0.2, -0.15) is 0 Å². The summed E-state index contributed by atoms with van der Waals surface area (Å²) in [5.41, 5.74) is 2.69. The lowest BCUT2D eigenvalue weighted by Crippen LogP contribution is -2.05. The Balaban J connectivity index is 2.34. The minimum Gasteiger partial charge on any atom is -0.495 e. The number of hydrogen-bond donors (Lipinski definition) is 1. The van der Waals surface area contributed by atoms with Crippen molar-refractivity contribution in [3.8, 4) is 16.9 Å². The quantitative estimate of drug-likeness (QED) is 0.900. The molecule has 0 bridgehead atoms. The first-order valence-corrected chi connectivity index (χ1v) is 5.56. The Hall–Kier alpha value is -2.36. The number of nitrogens with zero attached hydrogens (tertiary/aromatic N) is 1. The van der Waals surface area contributed by atoms with E-state index in [-0.39, 0.29) is 5.91 Å². The van der Waals surface area contributed by atoms with Gasteiger partial charge in [-0.3, -0.25) is 9.78 Å². The Labute approximate surface area is 106 Å². The number of amides is 1. The second-order valence-electron chi connectivity index (χ2n) is 3.88. The van der Waals surface area contributed by atoms with E-state index in [1.807, 2.05) is 30.3 Å². The lowest BCUT2D eigenvalue weighted by molar-refractivity contribution is -0.114. The van der Waals surface area contributed by atoms with Gasteiger partial charge in [0.25, 0.3) is 0 Å². The van der Waals surface area contributed by atoms with Crippen LogP contribution in [0.1, 0.15) is 6.92 Å². The molecule has 0 aliphatic heterocycles. The molecule has 1 aromatic carbocycles. The van der Waals surface area contributed by atoms with Crippen LogP contribution in [0.4, 0.5) is 5.69 Å². The van der Waals surface area contributed by atoms with Crippen molar-refractivity contribution in [2.45, 2.75) is 6.92 Å². The summed E-state index contributed by atoms with van der Waals surface area (Å²) >= 11 is 0. The van der Waals surface area contributed by atoms with Crippen LogP contribution in [0.5, 0.6) is 5.75 Å². The maximum atomic E-state index is 11.0. The van der Waals surface area contributed by atoms with Crippen LogP contribution in [0.25, 0.3) is 11.1 Å². The summed E-state index contributed by atoms with van der Waals surface area (Å²) in [7, 11) is 1.61. The number of ether oxygens (including phenoxy) is 1. The summed E-state index contributed by atoms with van der Waals surface area (Å²) in [5, 5.41) is 2.75. The number of anilines is 1. The molecule has 1 aromatic heterocycles. The van der Waals surface area contributed by atoms with Crippen LogP contribution in [0.3, 0.4) is 0 Å². The maximum Gasteiger partial charge on any atom is 0.221 e. The van der Waals surface area contributed by atoms with E-state index in [4.69, 9.17) is 4.74 Å². The number of benzene rings is 1. The van der Waals surface area contributed by atoms with E-state index in [0.717, 1.165) is 16.8 Å². The lowest BCUT2D eigenvalue weighted by Gasteiger charge is -2.07. The molecule has 0 atom stereocenters. The molecular formula is C14H14N2O2. The van der Waals surface area contributed by atoms with Gasteiger partial charge in [-0.25, -0.2) is 0 Å². The van der Waals surface area contributed by atoms with Crippen molar-refractivity contribution >= 4 is 11.6 Å². The molecule has 0 spiro atoms. The van der Waals surface area contributed by atoms with E-state index in [1.54, 1.807) is 19.5 Å². The molecule has 4 heteroatoms. The Morgan fingerprint density at radius 1 is 1.22 bits per heavy atom. The van der Waals surface area contributed by atoms with Crippen molar-refractivity contribution in [3.63, 3.8) is 0 Å². The smallest absolute Gasteiger partial charge is 0.221 e. The van der Waals surface area contributed by atoms with Crippen LogP contribution in [0.15, 0.2) is 42.7 Å². The molecule has 2 rings (SSSR count). The van der Waals surface area contributed by atoms with Gasteiger partial charge in [-0.05, 0) is 23.8 Å². The highest BCUT2D eigenvalue weighted by molar-refractivity contribution is 5.89. The van der Waals surface area contributed by atoms with E-state index in [2.05, 4.69) is 10.3 Å². The summed E-state index contributed by atoms with van der Waals surface area (Å²) in [6.07, 6.45) is 3.41. The third-order valence-corrected chi connectivity index (χ3v) is 2.47. The number of methoxy groups -OCH3 is 1. The fraction of sp³-hybridized carbons (Fsp3) is 0.143. The van der Waals surface area contributed by atoms with Gasteiger partial charge in [0.05, 0.1) is 13.3 Å². The van der Waals surface area contributed by atoms with Gasteiger partial charge in [-0.15, -0.1) is 0 Å². The van der Waals surface area contributed by atoms with E-state index in [1.165, 1.54) is 6.92 Å². The molecular weight excluding hydrogens is 228 g/mol. The monoisotopic (exact) mass is 242 g/mol. The molecule has 1 N–H and O–H groups in total. The number of aromatic nitrogens is 1. The number of carbonyl (C=O) groups excluding carboxylic acids is 1. The number of rotatable bonds is 3. The van der Waals surface area contributed by atoms with Crippen molar-refractivity contribution < 1.29 is 9.53 Å². The molecule has 0 unspecified atom stereocenters. The molecule has 4 nitrogen and oxygen atoms in total. The van der Waals surface area contributed by atoms with Gasteiger partial charge in [-0.1, -0.05) is 12.1 Å². The van der Waals surface area contributed by atoms with Crippen LogP contribution in [0.2, 0.25) is 0 Å². The molecule has 0 aliphatic rings. The van der Waals surface area contributed by atoms with Crippen molar-refractivity contribution in [3.05, 3.63) is 42.7 Å². The first kappa shape index (κ1) is 12.1. The number of nitrogens with one attached hydrogen (secondary N) is 1. The highest BCUT2D eigenvalue weighted by atomic mass is 16.5. The first-order valence-electron chi connectivity index (χ1n) is 5.56. The largest absolute Gasteiger partial charge is 0.495 e. The molecule has 1 amide bonds. The average molecular weight is 242 g/mol. The van der Waals surface area contributed by atoms with Crippen molar-refractivity contribution in [1.82, 2.24) is 4.98 Å². The second-order valence-corrected chi connectivity index (χ2v) is 3.88. The fourth-order valence-electron chi connectivity index (χ4n) is 1.67. The number of pyridine rings is 1. The Bertz CT molecular complexity index is 567. The van der Waals surface area contributed by atoms with Crippen LogP contribution in [-0.2, 0) is 4.79 Å². The van der Waals surface area contributed by atoms with Gasteiger partial charge in [0.1, 0.15) is 5.75 Å². The SMILES string of the molecule is COc1cncc(-c2cccc(NC(C)=O)c2)c1. The third-order valence-electron chi connectivity index (χ3n) is 2.47. The molecule has 0 radical (unpaired) electrons. The Morgan fingerprint density at radius 2 is 2.06 bits per heavy atom. The minimum atomic E-state index is -0.0871. The summed E-state index contributed by atoms with van der Waals surface area (Å²) in [5.74, 6) is 0.619. The van der Waals surface area contributed by atoms with Crippen LogP contribution >= 0.6 is 0 Å². The molecule has 0 fully saturated rings. The zero-order chi connectivity index (χ0) is 13.0. The average Bonchev–Trinajstić information content (AvgIpc) is 2.38. The van der Waals surface area contributed by atoms with Gasteiger partial charge >= 0.3 is 0 Å². The summed E-state index contributed by atoms with van der Waals surface area (Å²) < 4.78 is 5.14. The van der Waals surface area contributed by atoms with Crippen LogP contribution in [0, 0.1) is 0 Å². The lowest BCUT2D eigenvalue weighted by atomic mass is 10.1. The molecule has 92 valence electrons. The summed E-state index contributed by atoms with van der Waals surface area (Å²) in [6.45, 7) is 1.49. The van der Waals surface area contributed by atoms with Gasteiger partial charge in [0.15, 0.2) is 0 Å². The standard InChI is InChI=1S/C14H14N2O2/c1-10(17)16-13-5-3-4-11(6-13)12-7-14(18-2)9-15-8-12/h3-9H,1-2H3,(H,16,17). The number of carbonyl (C=O) groups is 1. The minimum absolute atomic E-state index is 0.0871. The van der Waals surface area contributed by atoms with Crippen LogP contribution < -0.4 is 10.1 Å². The van der Waals surface area contributed by atoms with Gasteiger partial charge in [0, 0.05) is 24.4 Å². The molecule has 18 heavy (non-hydrogen) atoms. The predicted octanol–water partition coefficient (Wildman–Crippen LogP) is 2.72. The predicted molar refractivity (Wildman–Crippen MR) is 70.5 cm³/mol. The highest BCUT2D eigenvalue weighted by Gasteiger charge is 2.02.